The predicted octanol–water partition coefficient (Wildman–Crippen LogP) is 3.80. The second-order valence-electron chi connectivity index (χ2n) is 3.59. The molecule has 2 nitrogen and oxygen atoms in total. The molecule has 0 aromatic heterocycles. The standard InChI is InChI=1S/C14H22O2/c1-3-4-5-6-7-8-9-10-11-12-13-16-14(2)15/h3-7H,1,8-13H2,2H3. The molecule has 0 spiro atoms. The lowest BCUT2D eigenvalue weighted by Crippen LogP contribution is -1.99. The Kier molecular flexibility index (Phi) is 10.8. The summed E-state index contributed by atoms with van der Waals surface area (Å²) >= 11 is 0. The summed E-state index contributed by atoms with van der Waals surface area (Å²) in [5.74, 6) is -0.183. The molecule has 0 aliphatic heterocycles. The summed E-state index contributed by atoms with van der Waals surface area (Å²) < 4.78 is 4.84. The van der Waals surface area contributed by atoms with Crippen molar-refractivity contribution in [3.8, 4) is 0 Å². The summed E-state index contributed by atoms with van der Waals surface area (Å²) in [5, 5.41) is 0. The van der Waals surface area contributed by atoms with Gasteiger partial charge in [-0.2, -0.15) is 0 Å². The average Bonchev–Trinajstić information content (AvgIpc) is 2.25. The Bertz CT molecular complexity index is 239. The molecule has 0 fully saturated rings. The van der Waals surface area contributed by atoms with Crippen LogP contribution >= 0.6 is 0 Å². The van der Waals surface area contributed by atoms with Crippen LogP contribution in [0.25, 0.3) is 0 Å². The van der Waals surface area contributed by atoms with E-state index < -0.39 is 0 Å². The quantitative estimate of drug-likeness (QED) is 0.337. The number of ether oxygens (including phenoxy) is 1. The number of carbonyl (C=O) groups is 1. The molecule has 0 aliphatic rings. The van der Waals surface area contributed by atoms with Crippen molar-refractivity contribution in [2.75, 3.05) is 6.61 Å². The minimum Gasteiger partial charge on any atom is -0.466 e. The van der Waals surface area contributed by atoms with Crippen LogP contribution in [0.2, 0.25) is 0 Å². The van der Waals surface area contributed by atoms with Gasteiger partial charge >= 0.3 is 5.97 Å². The van der Waals surface area contributed by atoms with E-state index in [9.17, 15) is 4.79 Å². The molecule has 16 heavy (non-hydrogen) atoms. The van der Waals surface area contributed by atoms with Gasteiger partial charge in [0.25, 0.3) is 0 Å². The third-order valence-corrected chi connectivity index (χ3v) is 2.06. The number of hydrogen-bond acceptors (Lipinski definition) is 2. The SMILES string of the molecule is C=CC=CC=CCCCCCCOC(C)=O. The Labute approximate surface area is 98.7 Å². The summed E-state index contributed by atoms with van der Waals surface area (Å²) in [5.41, 5.74) is 0. The molecule has 0 heterocycles. The van der Waals surface area contributed by atoms with E-state index in [0.717, 1.165) is 19.3 Å². The number of rotatable bonds is 9. The van der Waals surface area contributed by atoms with E-state index in [2.05, 4.69) is 12.7 Å². The van der Waals surface area contributed by atoms with E-state index in [1.807, 2.05) is 18.2 Å². The maximum atomic E-state index is 10.5. The van der Waals surface area contributed by atoms with E-state index in [-0.39, 0.29) is 5.97 Å². The first kappa shape index (κ1) is 14.7. The molecule has 0 radical (unpaired) electrons. The van der Waals surface area contributed by atoms with E-state index in [1.165, 1.54) is 19.8 Å². The second kappa shape index (κ2) is 11.8. The molecule has 0 N–H and O–H groups in total. The van der Waals surface area contributed by atoms with Crippen molar-refractivity contribution in [3.63, 3.8) is 0 Å². The Hall–Kier alpha value is -1.31. The number of hydrogen-bond donors (Lipinski definition) is 0. The van der Waals surface area contributed by atoms with Crippen molar-refractivity contribution in [2.24, 2.45) is 0 Å². The Morgan fingerprint density at radius 2 is 1.88 bits per heavy atom. The lowest BCUT2D eigenvalue weighted by atomic mass is 10.1. The van der Waals surface area contributed by atoms with E-state index in [1.54, 1.807) is 6.08 Å². The number of unbranched alkanes of at least 4 members (excludes halogenated alkanes) is 4. The normalized spacial score (nSPS) is 11.1. The lowest BCUT2D eigenvalue weighted by molar-refractivity contribution is -0.141. The van der Waals surface area contributed by atoms with Crippen LogP contribution in [0.3, 0.4) is 0 Å². The fourth-order valence-electron chi connectivity index (χ4n) is 1.25. The topological polar surface area (TPSA) is 26.3 Å². The Balaban J connectivity index is 3.15. The number of carbonyl (C=O) groups excluding carboxylic acids is 1. The van der Waals surface area contributed by atoms with Crippen molar-refractivity contribution in [3.05, 3.63) is 37.0 Å². The highest BCUT2D eigenvalue weighted by molar-refractivity contribution is 5.65. The second-order valence-corrected chi connectivity index (χ2v) is 3.59. The maximum Gasteiger partial charge on any atom is 0.302 e. The minimum atomic E-state index is -0.183. The first-order chi connectivity index (χ1) is 7.77. The average molecular weight is 222 g/mol. The zero-order valence-electron chi connectivity index (χ0n) is 10.2. The van der Waals surface area contributed by atoms with Gasteiger partial charge in [-0.3, -0.25) is 4.79 Å². The number of allylic oxidation sites excluding steroid dienone is 5. The van der Waals surface area contributed by atoms with Crippen molar-refractivity contribution in [2.45, 2.75) is 39.0 Å². The van der Waals surface area contributed by atoms with Crippen molar-refractivity contribution in [1.82, 2.24) is 0 Å². The number of esters is 1. The largest absolute Gasteiger partial charge is 0.466 e. The minimum absolute atomic E-state index is 0.183. The summed E-state index contributed by atoms with van der Waals surface area (Å²) in [6.07, 6.45) is 15.4. The monoisotopic (exact) mass is 222 g/mol. The molecular formula is C14H22O2. The van der Waals surface area contributed by atoms with Gasteiger partial charge in [0.1, 0.15) is 0 Å². The molecule has 2 heteroatoms. The maximum absolute atomic E-state index is 10.5. The summed E-state index contributed by atoms with van der Waals surface area (Å²) in [6.45, 7) is 5.60. The first-order valence-electron chi connectivity index (χ1n) is 5.85. The van der Waals surface area contributed by atoms with Gasteiger partial charge in [-0.1, -0.05) is 49.8 Å². The fraction of sp³-hybridized carbons (Fsp3) is 0.500. The molecule has 0 saturated heterocycles. The third kappa shape index (κ3) is 12.7. The van der Waals surface area contributed by atoms with Crippen LogP contribution in [0, 0.1) is 0 Å². The molecule has 0 amide bonds. The van der Waals surface area contributed by atoms with E-state index >= 15 is 0 Å². The van der Waals surface area contributed by atoms with Gasteiger partial charge in [-0.25, -0.2) is 0 Å². The van der Waals surface area contributed by atoms with Gasteiger partial charge in [-0.15, -0.1) is 0 Å². The van der Waals surface area contributed by atoms with E-state index in [4.69, 9.17) is 4.74 Å². The molecule has 90 valence electrons. The molecule has 0 aromatic carbocycles. The lowest BCUT2D eigenvalue weighted by Gasteiger charge is -2.00. The first-order valence-corrected chi connectivity index (χ1v) is 5.85. The molecule has 0 saturated carbocycles. The molecule has 0 atom stereocenters. The molecular weight excluding hydrogens is 200 g/mol. The van der Waals surface area contributed by atoms with Crippen LogP contribution < -0.4 is 0 Å². The molecule has 0 rings (SSSR count). The molecule has 0 aliphatic carbocycles. The van der Waals surface area contributed by atoms with Crippen LogP contribution in [-0.2, 0) is 9.53 Å². The van der Waals surface area contributed by atoms with Crippen LogP contribution in [0.1, 0.15) is 39.0 Å². The zero-order chi connectivity index (χ0) is 12.1. The van der Waals surface area contributed by atoms with Gasteiger partial charge in [0.2, 0.25) is 0 Å². The zero-order valence-corrected chi connectivity index (χ0v) is 10.2. The highest BCUT2D eigenvalue weighted by atomic mass is 16.5. The molecule has 0 bridgehead atoms. The van der Waals surface area contributed by atoms with Gasteiger partial charge in [-0.05, 0) is 19.3 Å². The smallest absolute Gasteiger partial charge is 0.302 e. The van der Waals surface area contributed by atoms with Gasteiger partial charge in [0, 0.05) is 6.92 Å². The van der Waals surface area contributed by atoms with Crippen LogP contribution in [0.4, 0.5) is 0 Å². The van der Waals surface area contributed by atoms with Crippen molar-refractivity contribution < 1.29 is 9.53 Å². The van der Waals surface area contributed by atoms with Crippen molar-refractivity contribution in [1.29, 1.82) is 0 Å². The summed E-state index contributed by atoms with van der Waals surface area (Å²) in [6, 6.07) is 0. The van der Waals surface area contributed by atoms with Gasteiger partial charge in [0.05, 0.1) is 6.61 Å². The molecule has 0 aromatic rings. The Morgan fingerprint density at radius 1 is 1.12 bits per heavy atom. The highest BCUT2D eigenvalue weighted by Gasteiger charge is 1.92. The van der Waals surface area contributed by atoms with Gasteiger partial charge < -0.3 is 4.74 Å². The summed E-state index contributed by atoms with van der Waals surface area (Å²) in [7, 11) is 0. The van der Waals surface area contributed by atoms with Crippen LogP contribution in [0.5, 0.6) is 0 Å². The third-order valence-electron chi connectivity index (χ3n) is 2.06. The van der Waals surface area contributed by atoms with Crippen LogP contribution in [-0.4, -0.2) is 12.6 Å². The van der Waals surface area contributed by atoms with Crippen LogP contribution in [0.15, 0.2) is 37.0 Å². The van der Waals surface area contributed by atoms with E-state index in [0.29, 0.717) is 6.61 Å². The highest BCUT2D eigenvalue weighted by Crippen LogP contribution is 2.04. The Morgan fingerprint density at radius 3 is 2.56 bits per heavy atom. The summed E-state index contributed by atoms with van der Waals surface area (Å²) in [4.78, 5) is 10.5. The fourth-order valence-corrected chi connectivity index (χ4v) is 1.25. The van der Waals surface area contributed by atoms with Gasteiger partial charge in [0.15, 0.2) is 0 Å². The predicted molar refractivity (Wildman–Crippen MR) is 68.2 cm³/mol. The molecule has 0 unspecified atom stereocenters. The van der Waals surface area contributed by atoms with Crippen molar-refractivity contribution >= 4 is 5.97 Å².